The maximum Gasteiger partial charge on any atom is 0.354 e. The highest BCUT2D eigenvalue weighted by atomic mass is 79.9. The van der Waals surface area contributed by atoms with Crippen LogP contribution in [0.1, 0.15) is 6.92 Å². The van der Waals surface area contributed by atoms with Crippen molar-refractivity contribution in [2.24, 2.45) is 0 Å². The first-order chi connectivity index (χ1) is 5.67. The van der Waals surface area contributed by atoms with Crippen LogP contribution in [0, 0.1) is 0 Å². The van der Waals surface area contributed by atoms with Crippen LogP contribution in [0.15, 0.2) is 11.3 Å². The third-order valence-electron chi connectivity index (χ3n) is 1.22. The Morgan fingerprint density at radius 3 is 2.58 bits per heavy atom. The van der Waals surface area contributed by atoms with E-state index < -0.39 is 5.97 Å². The highest BCUT2D eigenvalue weighted by Crippen LogP contribution is 2.05. The predicted molar refractivity (Wildman–Crippen MR) is 47.7 cm³/mol. The molecule has 0 spiro atoms. The molecule has 0 radical (unpaired) electrons. The number of esters is 1. The molecule has 0 atom stereocenters. The third-order valence-corrected chi connectivity index (χ3v) is 2.06. The molecule has 0 heterocycles. The van der Waals surface area contributed by atoms with Crippen molar-refractivity contribution in [2.75, 3.05) is 12.4 Å². The molecule has 0 aromatic rings. The molecule has 0 aliphatic carbocycles. The van der Waals surface area contributed by atoms with E-state index in [0.717, 1.165) is 0 Å². The van der Waals surface area contributed by atoms with Gasteiger partial charge in [0.1, 0.15) is 5.70 Å². The van der Waals surface area contributed by atoms with E-state index in [1.54, 1.807) is 6.92 Å². The van der Waals surface area contributed by atoms with Crippen molar-refractivity contribution in [3.63, 3.8) is 0 Å². The zero-order valence-corrected chi connectivity index (χ0v) is 8.47. The second kappa shape index (κ2) is 5.77. The molecule has 0 rings (SSSR count). The van der Waals surface area contributed by atoms with Crippen molar-refractivity contribution in [2.45, 2.75) is 6.92 Å². The number of carbonyl (C=O) groups is 2. The molecule has 5 heteroatoms. The zero-order chi connectivity index (χ0) is 9.56. The summed E-state index contributed by atoms with van der Waals surface area (Å²) in [5, 5.41) is 2.79. The van der Waals surface area contributed by atoms with Crippen LogP contribution in [-0.4, -0.2) is 24.8 Å². The van der Waals surface area contributed by atoms with Crippen LogP contribution in [-0.2, 0) is 14.3 Å². The number of halogens is 1. The summed E-state index contributed by atoms with van der Waals surface area (Å²) < 4.78 is 4.45. The highest BCUT2D eigenvalue weighted by Gasteiger charge is 2.11. The largest absolute Gasteiger partial charge is 0.464 e. The van der Waals surface area contributed by atoms with Gasteiger partial charge in [-0.1, -0.05) is 15.9 Å². The summed E-state index contributed by atoms with van der Waals surface area (Å²) in [6.45, 7) is 1.72. The van der Waals surface area contributed by atoms with Crippen LogP contribution in [0.4, 0.5) is 0 Å². The van der Waals surface area contributed by atoms with Crippen LogP contribution >= 0.6 is 15.9 Å². The van der Waals surface area contributed by atoms with Gasteiger partial charge in [0, 0.05) is 5.33 Å². The van der Waals surface area contributed by atoms with E-state index in [1.165, 1.54) is 7.11 Å². The van der Waals surface area contributed by atoms with Crippen LogP contribution in [0.25, 0.3) is 0 Å². The number of alkyl halides is 1. The van der Waals surface area contributed by atoms with Gasteiger partial charge in [0.2, 0.25) is 6.41 Å². The van der Waals surface area contributed by atoms with Gasteiger partial charge in [0.05, 0.1) is 7.11 Å². The molecule has 0 saturated carbocycles. The van der Waals surface area contributed by atoms with Crippen molar-refractivity contribution in [1.82, 2.24) is 5.32 Å². The average molecular weight is 236 g/mol. The molecule has 0 aliphatic heterocycles. The molecule has 0 aromatic carbocycles. The van der Waals surface area contributed by atoms with Crippen molar-refractivity contribution in [1.29, 1.82) is 0 Å². The average Bonchev–Trinajstić information content (AvgIpc) is 2.11. The van der Waals surface area contributed by atoms with Crippen molar-refractivity contribution < 1.29 is 14.3 Å². The molecule has 0 aliphatic rings. The van der Waals surface area contributed by atoms with Gasteiger partial charge < -0.3 is 10.1 Å². The maximum atomic E-state index is 11.0. The Labute approximate surface area is 79.1 Å². The fourth-order valence-electron chi connectivity index (χ4n) is 0.584. The van der Waals surface area contributed by atoms with Gasteiger partial charge in [-0.15, -0.1) is 0 Å². The number of hydrogen-bond donors (Lipinski definition) is 1. The molecular weight excluding hydrogens is 226 g/mol. The summed E-state index contributed by atoms with van der Waals surface area (Å²) >= 11 is 3.16. The lowest BCUT2D eigenvalue weighted by Gasteiger charge is -2.05. The van der Waals surface area contributed by atoms with E-state index in [-0.39, 0.29) is 5.70 Å². The van der Waals surface area contributed by atoms with Gasteiger partial charge in [-0.3, -0.25) is 4.79 Å². The number of rotatable bonds is 4. The molecule has 0 aromatic heterocycles. The topological polar surface area (TPSA) is 55.4 Å². The number of methoxy groups -OCH3 is 1. The summed E-state index contributed by atoms with van der Waals surface area (Å²) in [6.07, 6.45) is 0.443. The summed E-state index contributed by atoms with van der Waals surface area (Å²) in [7, 11) is 1.26. The van der Waals surface area contributed by atoms with E-state index in [2.05, 4.69) is 26.0 Å². The highest BCUT2D eigenvalue weighted by molar-refractivity contribution is 9.09. The fraction of sp³-hybridized carbons (Fsp3) is 0.429. The molecular formula is C7H10BrNO3. The Hall–Kier alpha value is -0.840. The van der Waals surface area contributed by atoms with Gasteiger partial charge in [-0.05, 0) is 12.5 Å². The summed E-state index contributed by atoms with van der Waals surface area (Å²) in [5.74, 6) is -0.543. The van der Waals surface area contributed by atoms with Crippen LogP contribution in [0.2, 0.25) is 0 Å². The summed E-state index contributed by atoms with van der Waals surface area (Å²) in [4.78, 5) is 21.1. The van der Waals surface area contributed by atoms with Gasteiger partial charge in [-0.2, -0.15) is 0 Å². The minimum absolute atomic E-state index is 0.185. The molecule has 12 heavy (non-hydrogen) atoms. The first-order valence-corrected chi connectivity index (χ1v) is 4.33. The monoisotopic (exact) mass is 235 g/mol. The fourth-order valence-corrected chi connectivity index (χ4v) is 0.865. The molecule has 0 fully saturated rings. The third kappa shape index (κ3) is 3.04. The molecule has 0 saturated heterocycles. The second-order valence-electron chi connectivity index (χ2n) is 2.04. The lowest BCUT2D eigenvalue weighted by molar-refractivity contribution is -0.137. The molecule has 68 valence electrons. The molecule has 1 amide bonds. The standard InChI is InChI=1S/C7H10BrNO3/c1-5(3-8)6(9-4-10)7(11)12-2/h4H,3H2,1-2H3,(H,9,10)/b6-5-. The number of nitrogens with one attached hydrogen (secondary N) is 1. The quantitative estimate of drug-likeness (QED) is 0.336. The lowest BCUT2D eigenvalue weighted by Crippen LogP contribution is -2.22. The Kier molecular flexibility index (Phi) is 5.36. The SMILES string of the molecule is COC(=O)/C(NC=O)=C(\C)CBr. The van der Waals surface area contributed by atoms with Crippen LogP contribution < -0.4 is 5.32 Å². The number of allylic oxidation sites excluding steroid dienone is 1. The van der Waals surface area contributed by atoms with E-state index in [4.69, 9.17) is 0 Å². The first-order valence-electron chi connectivity index (χ1n) is 3.21. The van der Waals surface area contributed by atoms with Gasteiger partial charge in [-0.25, -0.2) is 4.79 Å². The van der Waals surface area contributed by atoms with E-state index in [0.29, 0.717) is 17.3 Å². The Balaban J connectivity index is 4.63. The first kappa shape index (κ1) is 11.2. The van der Waals surface area contributed by atoms with Gasteiger partial charge in [0.25, 0.3) is 0 Å². The number of carbonyl (C=O) groups excluding carboxylic acids is 2. The summed E-state index contributed by atoms with van der Waals surface area (Å²) in [6, 6.07) is 0. The number of ether oxygens (including phenoxy) is 1. The predicted octanol–water partition coefficient (Wildman–Crippen LogP) is 0.574. The Morgan fingerprint density at radius 1 is 1.67 bits per heavy atom. The van der Waals surface area contributed by atoms with Gasteiger partial charge in [0.15, 0.2) is 0 Å². The van der Waals surface area contributed by atoms with E-state index >= 15 is 0 Å². The number of amides is 1. The van der Waals surface area contributed by atoms with Gasteiger partial charge >= 0.3 is 5.97 Å². The summed E-state index contributed by atoms with van der Waals surface area (Å²) in [5.41, 5.74) is 0.901. The van der Waals surface area contributed by atoms with Crippen LogP contribution in [0.3, 0.4) is 0 Å². The van der Waals surface area contributed by atoms with Crippen molar-refractivity contribution in [3.05, 3.63) is 11.3 Å². The zero-order valence-electron chi connectivity index (χ0n) is 6.89. The van der Waals surface area contributed by atoms with E-state index in [1.807, 2.05) is 0 Å². The normalized spacial score (nSPS) is 11.6. The Bertz CT molecular complexity index is 213. The molecule has 1 N–H and O–H groups in total. The second-order valence-corrected chi connectivity index (χ2v) is 2.60. The molecule has 0 bridgehead atoms. The minimum atomic E-state index is -0.543. The number of hydrogen-bond acceptors (Lipinski definition) is 3. The minimum Gasteiger partial charge on any atom is -0.464 e. The van der Waals surface area contributed by atoms with Crippen molar-refractivity contribution in [3.8, 4) is 0 Å². The van der Waals surface area contributed by atoms with E-state index in [9.17, 15) is 9.59 Å². The smallest absolute Gasteiger partial charge is 0.354 e. The van der Waals surface area contributed by atoms with Crippen molar-refractivity contribution >= 4 is 28.3 Å². The van der Waals surface area contributed by atoms with Crippen LogP contribution in [0.5, 0.6) is 0 Å². The maximum absolute atomic E-state index is 11.0. The Morgan fingerprint density at radius 2 is 2.25 bits per heavy atom. The lowest BCUT2D eigenvalue weighted by atomic mass is 10.2. The molecule has 0 unspecified atom stereocenters. The molecule has 4 nitrogen and oxygen atoms in total.